The summed E-state index contributed by atoms with van der Waals surface area (Å²) in [5, 5.41) is 12.5. The van der Waals surface area contributed by atoms with Gasteiger partial charge in [0.25, 0.3) is 0 Å². The second-order valence-electron chi connectivity index (χ2n) is 2.03. The summed E-state index contributed by atoms with van der Waals surface area (Å²) in [6.45, 7) is 0.105. The fourth-order valence-electron chi connectivity index (χ4n) is 0.676. The molecular weight excluding hydrogens is 156 g/mol. The molecule has 1 nitrogen and oxygen atoms in total. The van der Waals surface area contributed by atoms with E-state index in [1.807, 2.05) is 29.7 Å². The zero-order valence-corrected chi connectivity index (χ0v) is 6.92. The second kappa shape index (κ2) is 4.88. The highest BCUT2D eigenvalue weighted by molar-refractivity contribution is 7.08. The van der Waals surface area contributed by atoms with Crippen LogP contribution in [0.25, 0.3) is 6.08 Å². The Labute approximate surface area is 70.3 Å². The first-order valence-electron chi connectivity index (χ1n) is 3.40. The number of allylic oxidation sites excluding steroid dienone is 2. The van der Waals surface area contributed by atoms with Crippen LogP contribution < -0.4 is 0 Å². The van der Waals surface area contributed by atoms with Gasteiger partial charge in [-0.3, -0.25) is 0 Å². The van der Waals surface area contributed by atoms with E-state index in [4.69, 9.17) is 5.11 Å². The van der Waals surface area contributed by atoms with Gasteiger partial charge in [0.2, 0.25) is 0 Å². The van der Waals surface area contributed by atoms with Crippen molar-refractivity contribution in [2.24, 2.45) is 0 Å². The summed E-state index contributed by atoms with van der Waals surface area (Å²) >= 11 is 1.68. The van der Waals surface area contributed by atoms with Crippen LogP contribution in [0.15, 0.2) is 35.1 Å². The maximum absolute atomic E-state index is 8.40. The van der Waals surface area contributed by atoms with Crippen molar-refractivity contribution in [1.29, 1.82) is 0 Å². The van der Waals surface area contributed by atoms with E-state index in [0.717, 1.165) is 0 Å². The summed E-state index contributed by atoms with van der Waals surface area (Å²) in [5.74, 6) is 0. The van der Waals surface area contributed by atoms with E-state index in [1.165, 1.54) is 5.56 Å². The quantitative estimate of drug-likeness (QED) is 0.683. The molecule has 0 saturated heterocycles. The first-order chi connectivity index (χ1) is 5.43. The summed E-state index contributed by atoms with van der Waals surface area (Å²) in [6.07, 6.45) is 7.45. The van der Waals surface area contributed by atoms with E-state index in [1.54, 1.807) is 17.4 Å². The molecule has 1 aromatic rings. The molecule has 2 heteroatoms. The van der Waals surface area contributed by atoms with E-state index < -0.39 is 0 Å². The zero-order chi connectivity index (χ0) is 7.94. The molecule has 0 aliphatic carbocycles. The lowest BCUT2D eigenvalue weighted by molar-refractivity contribution is 0.343. The SMILES string of the molecule is OCC=CC=Cc1ccsc1. The summed E-state index contributed by atoms with van der Waals surface area (Å²) in [6, 6.07) is 2.05. The Bertz CT molecular complexity index is 234. The largest absolute Gasteiger partial charge is 0.392 e. The van der Waals surface area contributed by atoms with Crippen LogP contribution in [-0.4, -0.2) is 11.7 Å². The smallest absolute Gasteiger partial charge is 0.0615 e. The molecule has 11 heavy (non-hydrogen) atoms. The van der Waals surface area contributed by atoms with Crippen LogP contribution >= 0.6 is 11.3 Å². The summed E-state index contributed by atoms with van der Waals surface area (Å²) in [5.41, 5.74) is 1.21. The van der Waals surface area contributed by atoms with Crippen molar-refractivity contribution in [3.05, 3.63) is 40.6 Å². The van der Waals surface area contributed by atoms with Gasteiger partial charge in [-0.1, -0.05) is 24.3 Å². The summed E-state index contributed by atoms with van der Waals surface area (Å²) < 4.78 is 0. The van der Waals surface area contributed by atoms with Gasteiger partial charge in [0.1, 0.15) is 0 Å². The molecule has 0 bridgehead atoms. The van der Waals surface area contributed by atoms with Crippen LogP contribution in [0.3, 0.4) is 0 Å². The topological polar surface area (TPSA) is 20.2 Å². The average Bonchev–Trinajstić information content (AvgIpc) is 2.50. The lowest BCUT2D eigenvalue weighted by Gasteiger charge is -1.79. The Morgan fingerprint density at radius 3 is 3.00 bits per heavy atom. The number of hydrogen-bond acceptors (Lipinski definition) is 2. The first kappa shape index (κ1) is 8.24. The van der Waals surface area contributed by atoms with Gasteiger partial charge in [0, 0.05) is 0 Å². The minimum atomic E-state index is 0.105. The molecule has 58 valence electrons. The van der Waals surface area contributed by atoms with Crippen molar-refractivity contribution in [3.8, 4) is 0 Å². The molecule has 0 aliphatic rings. The Kier molecular flexibility index (Phi) is 3.65. The number of thiophene rings is 1. The molecule has 1 rings (SSSR count). The van der Waals surface area contributed by atoms with E-state index in [-0.39, 0.29) is 6.61 Å². The van der Waals surface area contributed by atoms with E-state index >= 15 is 0 Å². The highest BCUT2D eigenvalue weighted by Crippen LogP contribution is 2.07. The van der Waals surface area contributed by atoms with Crippen LogP contribution in [0.5, 0.6) is 0 Å². The van der Waals surface area contributed by atoms with E-state index in [2.05, 4.69) is 5.38 Å². The predicted molar refractivity (Wildman–Crippen MR) is 49.6 cm³/mol. The van der Waals surface area contributed by atoms with Crippen LogP contribution in [-0.2, 0) is 0 Å². The maximum atomic E-state index is 8.40. The molecule has 1 heterocycles. The molecular formula is C9H10OS. The third-order valence-electron chi connectivity index (χ3n) is 1.18. The molecule has 0 atom stereocenters. The Morgan fingerprint density at radius 2 is 2.36 bits per heavy atom. The lowest BCUT2D eigenvalue weighted by atomic mass is 10.3. The number of aliphatic hydroxyl groups is 1. The molecule has 0 aromatic carbocycles. The van der Waals surface area contributed by atoms with Gasteiger partial charge in [-0.25, -0.2) is 0 Å². The summed E-state index contributed by atoms with van der Waals surface area (Å²) in [7, 11) is 0. The van der Waals surface area contributed by atoms with Crippen LogP contribution in [0.4, 0.5) is 0 Å². The molecule has 1 N–H and O–H groups in total. The van der Waals surface area contributed by atoms with Gasteiger partial charge in [-0.15, -0.1) is 0 Å². The molecule has 0 amide bonds. The number of aliphatic hydroxyl groups excluding tert-OH is 1. The minimum absolute atomic E-state index is 0.105. The fourth-order valence-corrected chi connectivity index (χ4v) is 1.30. The van der Waals surface area contributed by atoms with Crippen molar-refractivity contribution in [1.82, 2.24) is 0 Å². The van der Waals surface area contributed by atoms with Gasteiger partial charge in [0.05, 0.1) is 6.61 Å². The molecule has 0 unspecified atom stereocenters. The Hall–Kier alpha value is -0.860. The normalized spacial score (nSPS) is 11.7. The number of hydrogen-bond donors (Lipinski definition) is 1. The van der Waals surface area contributed by atoms with Crippen molar-refractivity contribution >= 4 is 17.4 Å². The molecule has 0 radical (unpaired) electrons. The van der Waals surface area contributed by atoms with Crippen molar-refractivity contribution in [2.75, 3.05) is 6.61 Å². The summed E-state index contributed by atoms with van der Waals surface area (Å²) in [4.78, 5) is 0. The molecule has 0 aliphatic heterocycles. The van der Waals surface area contributed by atoms with Crippen LogP contribution in [0.2, 0.25) is 0 Å². The van der Waals surface area contributed by atoms with Gasteiger partial charge >= 0.3 is 0 Å². The maximum Gasteiger partial charge on any atom is 0.0615 e. The van der Waals surface area contributed by atoms with Crippen LogP contribution in [0.1, 0.15) is 5.56 Å². The highest BCUT2D eigenvalue weighted by Gasteiger charge is 1.81. The van der Waals surface area contributed by atoms with Crippen molar-refractivity contribution in [3.63, 3.8) is 0 Å². The van der Waals surface area contributed by atoms with E-state index in [9.17, 15) is 0 Å². The predicted octanol–water partition coefficient (Wildman–Crippen LogP) is 2.31. The third kappa shape index (κ3) is 3.16. The standard InChI is InChI=1S/C9H10OS/c10-6-3-1-2-4-9-5-7-11-8-9/h1-5,7-8,10H,6H2. The monoisotopic (exact) mass is 166 g/mol. The van der Waals surface area contributed by atoms with Gasteiger partial charge in [0.15, 0.2) is 0 Å². The highest BCUT2D eigenvalue weighted by atomic mass is 32.1. The van der Waals surface area contributed by atoms with Crippen molar-refractivity contribution < 1.29 is 5.11 Å². The van der Waals surface area contributed by atoms with Crippen LogP contribution in [0, 0.1) is 0 Å². The molecule has 0 spiro atoms. The third-order valence-corrected chi connectivity index (χ3v) is 1.89. The fraction of sp³-hybridized carbons (Fsp3) is 0.111. The van der Waals surface area contributed by atoms with Gasteiger partial charge < -0.3 is 5.11 Å². The van der Waals surface area contributed by atoms with Gasteiger partial charge in [-0.2, -0.15) is 11.3 Å². The zero-order valence-electron chi connectivity index (χ0n) is 6.10. The van der Waals surface area contributed by atoms with E-state index in [0.29, 0.717) is 0 Å². The van der Waals surface area contributed by atoms with Crippen molar-refractivity contribution in [2.45, 2.75) is 0 Å². The Morgan fingerprint density at radius 1 is 1.45 bits per heavy atom. The minimum Gasteiger partial charge on any atom is -0.392 e. The second-order valence-corrected chi connectivity index (χ2v) is 2.81. The number of rotatable bonds is 3. The molecule has 0 saturated carbocycles. The molecule has 0 fully saturated rings. The first-order valence-corrected chi connectivity index (χ1v) is 4.34. The Balaban J connectivity index is 2.43. The van der Waals surface area contributed by atoms with Gasteiger partial charge in [-0.05, 0) is 22.4 Å². The average molecular weight is 166 g/mol. The molecule has 1 aromatic heterocycles. The lowest BCUT2D eigenvalue weighted by Crippen LogP contribution is -1.67.